The zero-order valence-electron chi connectivity index (χ0n) is 14.9. The second-order valence-corrected chi connectivity index (χ2v) is 9.22. The predicted molar refractivity (Wildman–Crippen MR) is 111 cm³/mol. The van der Waals surface area contributed by atoms with Crippen LogP contribution in [-0.2, 0) is 0 Å². The molecule has 0 amide bonds. The zero-order chi connectivity index (χ0) is 19.0. The number of hydrogen-bond acceptors (Lipinski definition) is 5. The Morgan fingerprint density at radius 3 is 2.70 bits per heavy atom. The molecule has 0 radical (unpaired) electrons. The summed E-state index contributed by atoms with van der Waals surface area (Å²) in [5.41, 5.74) is 6.44. The fraction of sp³-hybridized carbons (Fsp3) is 0.474. The highest BCUT2D eigenvalue weighted by Crippen LogP contribution is 2.45. The van der Waals surface area contributed by atoms with Crippen molar-refractivity contribution >= 4 is 40.8 Å². The molecule has 2 fully saturated rings. The van der Waals surface area contributed by atoms with Gasteiger partial charge >= 0.3 is 0 Å². The maximum absolute atomic E-state index is 12.5. The van der Waals surface area contributed by atoms with Crippen LogP contribution in [0, 0.1) is 5.41 Å². The number of benzene rings is 1. The van der Waals surface area contributed by atoms with E-state index < -0.39 is 0 Å². The first kappa shape index (κ1) is 19.1. The molecule has 1 aromatic heterocycles. The van der Waals surface area contributed by atoms with E-state index in [1.807, 2.05) is 6.07 Å². The van der Waals surface area contributed by atoms with Gasteiger partial charge in [0.15, 0.2) is 5.03 Å². The summed E-state index contributed by atoms with van der Waals surface area (Å²) in [7, 11) is 0. The van der Waals surface area contributed by atoms with Crippen LogP contribution in [0.3, 0.4) is 0 Å². The first-order valence-electron chi connectivity index (χ1n) is 9.20. The fourth-order valence-electron chi connectivity index (χ4n) is 4.26. The molecule has 1 aromatic carbocycles. The number of aromatic amines is 1. The maximum Gasteiger partial charge on any atom is 0.282 e. The van der Waals surface area contributed by atoms with E-state index in [4.69, 9.17) is 28.9 Å². The summed E-state index contributed by atoms with van der Waals surface area (Å²) in [4.78, 5) is 22.8. The standard InChI is InChI=1S/C19H22Cl2N4OS/c20-12-3-1-4-13(16(12)21)27-18-17(26)24-15(11-23-18)25-9-7-19(8-10-25)6-2-5-14(19)22/h1,3-4,11,14H,2,5-10,22H2,(H,24,26)/t14-/m1/s1. The van der Waals surface area contributed by atoms with Crippen molar-refractivity contribution in [3.8, 4) is 0 Å². The maximum atomic E-state index is 12.5. The zero-order valence-corrected chi connectivity index (χ0v) is 17.2. The van der Waals surface area contributed by atoms with Gasteiger partial charge in [0.25, 0.3) is 5.56 Å². The molecule has 3 N–H and O–H groups in total. The first-order valence-corrected chi connectivity index (χ1v) is 10.8. The molecule has 2 heterocycles. The third-order valence-electron chi connectivity index (χ3n) is 5.94. The van der Waals surface area contributed by atoms with Crippen LogP contribution in [0.25, 0.3) is 0 Å². The molecule has 144 valence electrons. The highest BCUT2D eigenvalue weighted by atomic mass is 35.5. The lowest BCUT2D eigenvalue weighted by Gasteiger charge is -2.42. The van der Waals surface area contributed by atoms with Crippen molar-refractivity contribution in [1.82, 2.24) is 9.97 Å². The summed E-state index contributed by atoms with van der Waals surface area (Å²) in [5.74, 6) is 0.767. The van der Waals surface area contributed by atoms with Gasteiger partial charge in [-0.25, -0.2) is 4.98 Å². The Labute approximate surface area is 172 Å². The number of nitrogens with zero attached hydrogens (tertiary/aromatic N) is 2. The molecule has 5 nitrogen and oxygen atoms in total. The minimum absolute atomic E-state index is 0.216. The highest BCUT2D eigenvalue weighted by molar-refractivity contribution is 7.99. The summed E-state index contributed by atoms with van der Waals surface area (Å²) in [6, 6.07) is 5.66. The number of anilines is 1. The van der Waals surface area contributed by atoms with Gasteiger partial charge in [0.1, 0.15) is 5.82 Å². The Bertz CT molecular complexity index is 896. The monoisotopic (exact) mass is 424 g/mol. The van der Waals surface area contributed by atoms with Crippen LogP contribution in [0.4, 0.5) is 5.82 Å². The van der Waals surface area contributed by atoms with Crippen molar-refractivity contribution in [3.63, 3.8) is 0 Å². The molecule has 4 rings (SSSR count). The molecule has 0 unspecified atom stereocenters. The van der Waals surface area contributed by atoms with E-state index in [-0.39, 0.29) is 5.56 Å². The molecule has 2 aromatic rings. The van der Waals surface area contributed by atoms with Crippen LogP contribution in [0.5, 0.6) is 0 Å². The molecule has 27 heavy (non-hydrogen) atoms. The Morgan fingerprint density at radius 2 is 2.04 bits per heavy atom. The number of nitrogens with one attached hydrogen (secondary N) is 1. The molecule has 0 bridgehead atoms. The Kier molecular flexibility index (Phi) is 5.43. The lowest BCUT2D eigenvalue weighted by atomic mass is 9.74. The molecule has 1 saturated carbocycles. The van der Waals surface area contributed by atoms with E-state index in [1.54, 1.807) is 18.3 Å². The quantitative estimate of drug-likeness (QED) is 0.766. The van der Waals surface area contributed by atoms with Gasteiger partial charge in [0.05, 0.1) is 16.2 Å². The molecule has 2 aliphatic rings. The second-order valence-electron chi connectivity index (χ2n) is 7.40. The second kappa shape index (κ2) is 7.66. The lowest BCUT2D eigenvalue weighted by Crippen LogP contribution is -2.47. The van der Waals surface area contributed by atoms with Gasteiger partial charge in [-0.3, -0.25) is 4.79 Å². The van der Waals surface area contributed by atoms with Crippen LogP contribution in [0.2, 0.25) is 10.0 Å². The molecule has 1 atom stereocenters. The molecule has 1 aliphatic heterocycles. The molecule has 1 saturated heterocycles. The number of rotatable bonds is 3. The van der Waals surface area contributed by atoms with E-state index in [0.29, 0.717) is 31.4 Å². The van der Waals surface area contributed by atoms with Gasteiger partial charge in [0, 0.05) is 24.0 Å². The molecular weight excluding hydrogens is 403 g/mol. The van der Waals surface area contributed by atoms with Crippen LogP contribution in [-0.4, -0.2) is 29.1 Å². The Hall–Kier alpha value is -1.21. The molecular formula is C19H22Cl2N4OS. The minimum Gasteiger partial charge on any atom is -0.357 e. The van der Waals surface area contributed by atoms with Crippen molar-refractivity contribution in [2.75, 3.05) is 18.0 Å². The van der Waals surface area contributed by atoms with E-state index in [1.165, 1.54) is 24.6 Å². The highest BCUT2D eigenvalue weighted by Gasteiger charge is 2.42. The van der Waals surface area contributed by atoms with Gasteiger partial charge < -0.3 is 15.6 Å². The van der Waals surface area contributed by atoms with E-state index in [0.717, 1.165) is 38.2 Å². The summed E-state index contributed by atoms with van der Waals surface area (Å²) in [6.45, 7) is 1.80. The van der Waals surface area contributed by atoms with E-state index in [2.05, 4.69) is 14.9 Å². The number of piperidine rings is 1. The number of hydrogen-bond donors (Lipinski definition) is 2. The van der Waals surface area contributed by atoms with Crippen molar-refractivity contribution in [1.29, 1.82) is 0 Å². The minimum atomic E-state index is -0.216. The summed E-state index contributed by atoms with van der Waals surface area (Å²) in [6.07, 6.45) is 7.48. The largest absolute Gasteiger partial charge is 0.357 e. The molecule has 1 aliphatic carbocycles. The van der Waals surface area contributed by atoms with Crippen LogP contribution in [0.1, 0.15) is 32.1 Å². The average Bonchev–Trinajstić information content (AvgIpc) is 3.01. The topological polar surface area (TPSA) is 75.0 Å². The van der Waals surface area contributed by atoms with Crippen LogP contribution >= 0.6 is 35.0 Å². The fourth-order valence-corrected chi connectivity index (χ4v) is 5.54. The number of aromatic nitrogens is 2. The lowest BCUT2D eigenvalue weighted by molar-refractivity contribution is 0.197. The Morgan fingerprint density at radius 1 is 1.26 bits per heavy atom. The van der Waals surface area contributed by atoms with Crippen molar-refractivity contribution in [2.24, 2.45) is 11.1 Å². The van der Waals surface area contributed by atoms with Gasteiger partial charge in [-0.05, 0) is 43.2 Å². The smallest absolute Gasteiger partial charge is 0.282 e. The Balaban J connectivity index is 1.48. The third-order valence-corrected chi connectivity index (χ3v) is 7.91. The molecule has 8 heteroatoms. The SMILES string of the molecule is N[C@@H]1CCCC12CCN(c1cnc(Sc3cccc(Cl)c3Cl)c(=O)[nH]1)CC2. The van der Waals surface area contributed by atoms with Crippen molar-refractivity contribution in [3.05, 3.63) is 44.8 Å². The van der Waals surface area contributed by atoms with Gasteiger partial charge in [-0.15, -0.1) is 0 Å². The predicted octanol–water partition coefficient (Wildman–Crippen LogP) is 4.33. The first-order chi connectivity index (χ1) is 13.0. The number of halogens is 2. The summed E-state index contributed by atoms with van der Waals surface area (Å²) >= 11 is 13.5. The number of H-pyrrole nitrogens is 1. The van der Waals surface area contributed by atoms with Crippen LogP contribution in [0.15, 0.2) is 39.1 Å². The van der Waals surface area contributed by atoms with Gasteiger partial charge in [0.2, 0.25) is 0 Å². The average molecular weight is 425 g/mol. The third kappa shape index (κ3) is 3.73. The summed E-state index contributed by atoms with van der Waals surface area (Å²) < 4.78 is 0. The van der Waals surface area contributed by atoms with Crippen molar-refractivity contribution < 1.29 is 0 Å². The van der Waals surface area contributed by atoms with Crippen LogP contribution < -0.4 is 16.2 Å². The van der Waals surface area contributed by atoms with Gasteiger partial charge in [-0.1, -0.05) is 47.5 Å². The summed E-state index contributed by atoms with van der Waals surface area (Å²) in [5, 5.41) is 1.25. The van der Waals surface area contributed by atoms with E-state index >= 15 is 0 Å². The normalized spacial score (nSPS) is 21.7. The number of nitrogens with two attached hydrogens (primary N) is 1. The van der Waals surface area contributed by atoms with Crippen molar-refractivity contribution in [2.45, 2.75) is 48.1 Å². The van der Waals surface area contributed by atoms with E-state index in [9.17, 15) is 4.79 Å². The van der Waals surface area contributed by atoms with Gasteiger partial charge in [-0.2, -0.15) is 0 Å². The molecule has 1 spiro atoms.